The van der Waals surface area contributed by atoms with Gasteiger partial charge in [-0.15, -0.1) is 0 Å². The molecule has 0 spiro atoms. The molecule has 0 saturated carbocycles. The molecule has 23 heavy (non-hydrogen) atoms. The van der Waals surface area contributed by atoms with E-state index in [0.717, 1.165) is 24.3 Å². The fraction of sp³-hybridized carbons (Fsp3) is 0.471. The number of amides is 1. The molecule has 6 heteroatoms. The van der Waals surface area contributed by atoms with Gasteiger partial charge in [-0.05, 0) is 31.6 Å². The third-order valence-electron chi connectivity index (χ3n) is 4.18. The lowest BCUT2D eigenvalue weighted by Crippen LogP contribution is -2.39. The average molecular weight is 315 g/mol. The molecular formula is C17H21N3O3. The van der Waals surface area contributed by atoms with Crippen molar-refractivity contribution in [3.63, 3.8) is 0 Å². The van der Waals surface area contributed by atoms with Crippen LogP contribution < -0.4 is 4.90 Å². The summed E-state index contributed by atoms with van der Waals surface area (Å²) in [6, 6.07) is 3.88. The standard InChI is InChI=1S/C17H21N3O3/c1-2-23-17(22)13-11-14-15(5-3-7-18-14)20(12-13)10-9-19-8-4-6-16(19)21/h3,5,7,11H,2,4,6,8-10,12H2,1H3. The van der Waals surface area contributed by atoms with Crippen molar-refractivity contribution in [2.24, 2.45) is 0 Å². The molecule has 0 aromatic carbocycles. The van der Waals surface area contributed by atoms with Crippen molar-refractivity contribution in [2.45, 2.75) is 19.8 Å². The van der Waals surface area contributed by atoms with Gasteiger partial charge in [0.1, 0.15) is 0 Å². The number of carbonyl (C=O) groups excluding carboxylic acids is 2. The topological polar surface area (TPSA) is 62.7 Å². The Labute approximate surface area is 135 Å². The molecule has 0 radical (unpaired) electrons. The third-order valence-corrected chi connectivity index (χ3v) is 4.18. The molecule has 0 atom stereocenters. The lowest BCUT2D eigenvalue weighted by molar-refractivity contribution is -0.138. The van der Waals surface area contributed by atoms with Gasteiger partial charge in [0.05, 0.1) is 30.1 Å². The van der Waals surface area contributed by atoms with Gasteiger partial charge in [0.2, 0.25) is 5.91 Å². The number of aromatic nitrogens is 1. The molecule has 122 valence electrons. The van der Waals surface area contributed by atoms with E-state index >= 15 is 0 Å². The first-order valence-electron chi connectivity index (χ1n) is 8.04. The summed E-state index contributed by atoms with van der Waals surface area (Å²) < 4.78 is 5.11. The number of rotatable bonds is 5. The summed E-state index contributed by atoms with van der Waals surface area (Å²) in [6.07, 6.45) is 5.09. The highest BCUT2D eigenvalue weighted by atomic mass is 16.5. The van der Waals surface area contributed by atoms with Crippen LogP contribution in [0.15, 0.2) is 23.9 Å². The Hall–Kier alpha value is -2.37. The minimum absolute atomic E-state index is 0.217. The van der Waals surface area contributed by atoms with Crippen LogP contribution in [0.25, 0.3) is 6.08 Å². The Morgan fingerprint density at radius 1 is 1.35 bits per heavy atom. The normalized spacial score (nSPS) is 17.1. The van der Waals surface area contributed by atoms with Crippen molar-refractivity contribution in [3.05, 3.63) is 29.6 Å². The monoisotopic (exact) mass is 315 g/mol. The van der Waals surface area contributed by atoms with Crippen LogP contribution >= 0.6 is 0 Å². The highest BCUT2D eigenvalue weighted by Gasteiger charge is 2.25. The molecule has 1 saturated heterocycles. The van der Waals surface area contributed by atoms with E-state index in [1.807, 2.05) is 17.0 Å². The van der Waals surface area contributed by atoms with E-state index in [1.54, 1.807) is 19.2 Å². The summed E-state index contributed by atoms with van der Waals surface area (Å²) in [5.41, 5.74) is 2.37. The molecule has 0 bridgehead atoms. The van der Waals surface area contributed by atoms with Crippen molar-refractivity contribution in [1.29, 1.82) is 0 Å². The van der Waals surface area contributed by atoms with E-state index in [9.17, 15) is 9.59 Å². The van der Waals surface area contributed by atoms with Gasteiger partial charge in [-0.2, -0.15) is 0 Å². The maximum Gasteiger partial charge on any atom is 0.335 e. The first-order valence-corrected chi connectivity index (χ1v) is 8.04. The van der Waals surface area contributed by atoms with Crippen molar-refractivity contribution >= 4 is 23.6 Å². The van der Waals surface area contributed by atoms with E-state index < -0.39 is 0 Å². The van der Waals surface area contributed by atoms with Gasteiger partial charge in [-0.3, -0.25) is 9.78 Å². The number of likely N-dealkylation sites (tertiary alicyclic amines) is 1. The number of hydrogen-bond donors (Lipinski definition) is 0. The first-order chi connectivity index (χ1) is 11.2. The predicted octanol–water partition coefficient (Wildman–Crippen LogP) is 1.47. The van der Waals surface area contributed by atoms with E-state index in [1.165, 1.54) is 0 Å². The smallest absolute Gasteiger partial charge is 0.335 e. The number of esters is 1. The number of anilines is 1. The maximum atomic E-state index is 12.1. The third kappa shape index (κ3) is 3.36. The van der Waals surface area contributed by atoms with Crippen molar-refractivity contribution in [3.8, 4) is 0 Å². The molecule has 2 aliphatic heterocycles. The molecule has 3 rings (SSSR count). The molecule has 0 unspecified atom stereocenters. The summed E-state index contributed by atoms with van der Waals surface area (Å²) in [6.45, 7) is 4.81. The number of pyridine rings is 1. The van der Waals surface area contributed by atoms with E-state index in [0.29, 0.717) is 38.2 Å². The largest absolute Gasteiger partial charge is 0.463 e. The lowest BCUT2D eigenvalue weighted by atomic mass is 10.1. The summed E-state index contributed by atoms with van der Waals surface area (Å²) in [7, 11) is 0. The second-order valence-corrected chi connectivity index (χ2v) is 5.70. The van der Waals surface area contributed by atoms with Crippen LogP contribution in [0, 0.1) is 0 Å². The van der Waals surface area contributed by atoms with E-state index in [2.05, 4.69) is 9.88 Å². The van der Waals surface area contributed by atoms with Gasteiger partial charge in [-0.25, -0.2) is 4.79 Å². The zero-order valence-electron chi connectivity index (χ0n) is 13.3. The SMILES string of the molecule is CCOC(=O)C1=Cc2ncccc2N(CCN2CCCC2=O)C1. The molecule has 0 N–H and O–H groups in total. The number of carbonyl (C=O) groups is 2. The second kappa shape index (κ2) is 6.81. The van der Waals surface area contributed by atoms with E-state index in [-0.39, 0.29) is 11.9 Å². The molecular weight excluding hydrogens is 294 g/mol. The van der Waals surface area contributed by atoms with Crippen LogP contribution in [0.5, 0.6) is 0 Å². The van der Waals surface area contributed by atoms with Gasteiger partial charge in [0.15, 0.2) is 0 Å². The fourth-order valence-corrected chi connectivity index (χ4v) is 3.02. The Balaban J connectivity index is 1.76. The quantitative estimate of drug-likeness (QED) is 0.770. The second-order valence-electron chi connectivity index (χ2n) is 5.70. The molecule has 0 aliphatic carbocycles. The average Bonchev–Trinajstić information content (AvgIpc) is 2.97. The lowest BCUT2D eigenvalue weighted by Gasteiger charge is -2.31. The predicted molar refractivity (Wildman–Crippen MR) is 86.9 cm³/mol. The molecule has 6 nitrogen and oxygen atoms in total. The first kappa shape index (κ1) is 15.5. The van der Waals surface area contributed by atoms with Gasteiger partial charge in [-0.1, -0.05) is 0 Å². The van der Waals surface area contributed by atoms with Crippen molar-refractivity contribution in [1.82, 2.24) is 9.88 Å². The van der Waals surface area contributed by atoms with Gasteiger partial charge >= 0.3 is 5.97 Å². The van der Waals surface area contributed by atoms with Crippen LogP contribution in [0.1, 0.15) is 25.5 Å². The molecule has 1 aromatic rings. The number of hydrogen-bond acceptors (Lipinski definition) is 5. The number of nitrogens with zero attached hydrogens (tertiary/aromatic N) is 3. The number of fused-ring (bicyclic) bond motifs is 1. The minimum Gasteiger partial charge on any atom is -0.463 e. The summed E-state index contributed by atoms with van der Waals surface area (Å²) in [4.78, 5) is 32.2. The van der Waals surface area contributed by atoms with Crippen LogP contribution in [0.3, 0.4) is 0 Å². The Bertz CT molecular complexity index is 642. The fourth-order valence-electron chi connectivity index (χ4n) is 3.02. The van der Waals surface area contributed by atoms with Gasteiger partial charge < -0.3 is 14.5 Å². The van der Waals surface area contributed by atoms with E-state index in [4.69, 9.17) is 4.74 Å². The molecule has 1 amide bonds. The maximum absolute atomic E-state index is 12.1. The Morgan fingerprint density at radius 2 is 2.17 bits per heavy atom. The zero-order chi connectivity index (χ0) is 16.2. The van der Waals surface area contributed by atoms with Gasteiger partial charge in [0, 0.05) is 32.3 Å². The number of ether oxygens (including phenoxy) is 1. The molecule has 2 aliphatic rings. The van der Waals surface area contributed by atoms with Crippen LogP contribution in [0.4, 0.5) is 5.69 Å². The van der Waals surface area contributed by atoms with Crippen LogP contribution in [-0.2, 0) is 14.3 Å². The van der Waals surface area contributed by atoms with Crippen LogP contribution in [-0.4, -0.2) is 54.5 Å². The van der Waals surface area contributed by atoms with Gasteiger partial charge in [0.25, 0.3) is 0 Å². The zero-order valence-corrected chi connectivity index (χ0v) is 13.3. The summed E-state index contributed by atoms with van der Waals surface area (Å²) >= 11 is 0. The van der Waals surface area contributed by atoms with Crippen molar-refractivity contribution < 1.29 is 14.3 Å². The molecule has 1 fully saturated rings. The highest BCUT2D eigenvalue weighted by Crippen LogP contribution is 2.27. The summed E-state index contributed by atoms with van der Waals surface area (Å²) in [5.74, 6) is -0.0828. The van der Waals surface area contributed by atoms with Crippen molar-refractivity contribution in [2.75, 3.05) is 37.7 Å². The van der Waals surface area contributed by atoms with Crippen LogP contribution in [0.2, 0.25) is 0 Å². The molecule has 1 aromatic heterocycles. The highest BCUT2D eigenvalue weighted by molar-refractivity contribution is 5.97. The minimum atomic E-state index is -0.300. The summed E-state index contributed by atoms with van der Waals surface area (Å²) in [5, 5.41) is 0. The molecule has 3 heterocycles. The Kier molecular flexibility index (Phi) is 4.60. The Morgan fingerprint density at radius 3 is 2.91 bits per heavy atom.